The SMILES string of the molecule is C[N+]12CCc3cc4c(cc3C1Cc1ccc3c(c1C2)OCO3)OCO4. The molecule has 2 aromatic carbocycles. The Labute approximate surface area is 146 Å². The Hall–Kier alpha value is -2.40. The first-order valence-corrected chi connectivity index (χ1v) is 8.88. The van der Waals surface area contributed by atoms with E-state index in [0.29, 0.717) is 19.6 Å². The molecule has 0 amide bonds. The first-order chi connectivity index (χ1) is 12.2. The van der Waals surface area contributed by atoms with Crippen molar-refractivity contribution in [2.75, 3.05) is 27.2 Å². The summed E-state index contributed by atoms with van der Waals surface area (Å²) in [5.74, 6) is 3.65. The fraction of sp³-hybridized carbons (Fsp3) is 0.400. The summed E-state index contributed by atoms with van der Waals surface area (Å²) in [5.41, 5.74) is 5.55. The predicted molar refractivity (Wildman–Crippen MR) is 90.0 cm³/mol. The van der Waals surface area contributed by atoms with Crippen LogP contribution in [0.5, 0.6) is 23.0 Å². The summed E-state index contributed by atoms with van der Waals surface area (Å²) < 4.78 is 23.6. The van der Waals surface area contributed by atoms with Gasteiger partial charge in [-0.15, -0.1) is 0 Å². The minimum Gasteiger partial charge on any atom is -0.454 e. The molecular formula is C20H20NO4+. The molecule has 5 heteroatoms. The van der Waals surface area contributed by atoms with Gasteiger partial charge in [-0.05, 0) is 29.3 Å². The van der Waals surface area contributed by atoms with Crippen molar-refractivity contribution in [3.8, 4) is 23.0 Å². The van der Waals surface area contributed by atoms with Crippen LogP contribution in [-0.2, 0) is 19.4 Å². The molecule has 0 aliphatic carbocycles. The lowest BCUT2D eigenvalue weighted by Gasteiger charge is -2.48. The van der Waals surface area contributed by atoms with E-state index in [0.717, 1.165) is 53.4 Å². The zero-order valence-electron chi connectivity index (χ0n) is 14.2. The largest absolute Gasteiger partial charge is 0.454 e. The normalized spacial score (nSPS) is 27.5. The Morgan fingerprint density at radius 3 is 2.64 bits per heavy atom. The zero-order chi connectivity index (χ0) is 16.6. The van der Waals surface area contributed by atoms with Crippen LogP contribution in [0.15, 0.2) is 24.3 Å². The molecule has 4 aliphatic heterocycles. The summed E-state index contributed by atoms with van der Waals surface area (Å²) in [4.78, 5) is 0. The van der Waals surface area contributed by atoms with Gasteiger partial charge in [-0.25, -0.2) is 0 Å². The van der Waals surface area contributed by atoms with E-state index in [9.17, 15) is 0 Å². The van der Waals surface area contributed by atoms with E-state index in [-0.39, 0.29) is 0 Å². The predicted octanol–water partition coefficient (Wildman–Crippen LogP) is 2.94. The van der Waals surface area contributed by atoms with Crippen LogP contribution < -0.4 is 18.9 Å². The summed E-state index contributed by atoms with van der Waals surface area (Å²) >= 11 is 0. The Morgan fingerprint density at radius 2 is 1.72 bits per heavy atom. The number of quaternary nitrogens is 1. The van der Waals surface area contributed by atoms with Crippen molar-refractivity contribution in [1.29, 1.82) is 0 Å². The van der Waals surface area contributed by atoms with E-state index in [1.807, 2.05) is 0 Å². The first kappa shape index (κ1) is 13.8. The number of nitrogens with zero attached hydrogens (tertiary/aromatic N) is 1. The third-order valence-corrected chi connectivity index (χ3v) is 6.31. The quantitative estimate of drug-likeness (QED) is 0.692. The van der Waals surface area contributed by atoms with E-state index < -0.39 is 0 Å². The lowest BCUT2D eigenvalue weighted by atomic mass is 9.81. The molecule has 0 N–H and O–H groups in total. The highest BCUT2D eigenvalue weighted by Gasteiger charge is 2.45. The Morgan fingerprint density at radius 1 is 0.920 bits per heavy atom. The number of hydrogen-bond donors (Lipinski definition) is 0. The smallest absolute Gasteiger partial charge is 0.231 e. The van der Waals surface area contributed by atoms with Gasteiger partial charge in [0.2, 0.25) is 13.6 Å². The molecule has 0 aromatic heterocycles. The average Bonchev–Trinajstić information content (AvgIpc) is 3.27. The van der Waals surface area contributed by atoms with Crippen molar-refractivity contribution in [2.24, 2.45) is 0 Å². The maximum absolute atomic E-state index is 5.78. The lowest BCUT2D eigenvalue weighted by molar-refractivity contribution is -0.956. The maximum atomic E-state index is 5.78. The van der Waals surface area contributed by atoms with E-state index in [1.54, 1.807) is 0 Å². The molecule has 0 saturated carbocycles. The van der Waals surface area contributed by atoms with Gasteiger partial charge in [-0.3, -0.25) is 0 Å². The summed E-state index contributed by atoms with van der Waals surface area (Å²) in [7, 11) is 2.37. The van der Waals surface area contributed by atoms with Crippen LogP contribution in [0.4, 0.5) is 0 Å². The average molecular weight is 338 g/mol. The summed E-state index contributed by atoms with van der Waals surface area (Å²) in [6.45, 7) is 2.79. The summed E-state index contributed by atoms with van der Waals surface area (Å²) in [6, 6.07) is 9.13. The molecule has 25 heavy (non-hydrogen) atoms. The second-order valence-corrected chi connectivity index (χ2v) is 7.67. The maximum Gasteiger partial charge on any atom is 0.231 e. The highest BCUT2D eigenvalue weighted by atomic mass is 16.7. The van der Waals surface area contributed by atoms with Gasteiger partial charge in [0, 0.05) is 18.4 Å². The van der Waals surface area contributed by atoms with Gasteiger partial charge in [-0.2, -0.15) is 0 Å². The standard InChI is InChI=1S/C20H20NO4/c1-21-5-4-13-7-18-19(24-10-23-18)8-14(13)16(21)6-12-2-3-17-20(15(12)9-21)25-11-22-17/h2-3,7-8,16H,4-6,9-11H2,1H3/q+1. The minimum atomic E-state index is 0.335. The molecule has 0 saturated heterocycles. The lowest BCUT2D eigenvalue weighted by Crippen LogP contribution is -2.53. The molecule has 2 atom stereocenters. The Kier molecular flexibility index (Phi) is 2.55. The van der Waals surface area contributed by atoms with Crippen molar-refractivity contribution in [1.82, 2.24) is 0 Å². The monoisotopic (exact) mass is 338 g/mol. The van der Waals surface area contributed by atoms with Crippen molar-refractivity contribution in [2.45, 2.75) is 25.4 Å². The van der Waals surface area contributed by atoms with Crippen molar-refractivity contribution in [3.63, 3.8) is 0 Å². The number of rotatable bonds is 0. The van der Waals surface area contributed by atoms with Gasteiger partial charge < -0.3 is 23.4 Å². The first-order valence-electron chi connectivity index (χ1n) is 8.88. The Bertz CT molecular complexity index is 909. The molecule has 6 rings (SSSR count). The molecule has 5 nitrogen and oxygen atoms in total. The van der Waals surface area contributed by atoms with Gasteiger partial charge in [0.1, 0.15) is 12.6 Å². The molecule has 0 fully saturated rings. The van der Waals surface area contributed by atoms with Crippen LogP contribution in [0.2, 0.25) is 0 Å². The van der Waals surface area contributed by atoms with Crippen molar-refractivity contribution in [3.05, 3.63) is 46.5 Å². The number of hydrogen-bond acceptors (Lipinski definition) is 4. The van der Waals surface area contributed by atoms with E-state index in [1.165, 1.54) is 22.3 Å². The number of likely N-dealkylation sites (N-methyl/N-ethyl adjacent to an activating group) is 1. The number of benzene rings is 2. The zero-order valence-corrected chi connectivity index (χ0v) is 14.2. The van der Waals surface area contributed by atoms with Crippen LogP contribution in [0.25, 0.3) is 0 Å². The fourth-order valence-electron chi connectivity index (χ4n) is 4.92. The van der Waals surface area contributed by atoms with Crippen molar-refractivity contribution < 1.29 is 23.4 Å². The van der Waals surface area contributed by atoms with Crippen LogP contribution >= 0.6 is 0 Å². The van der Waals surface area contributed by atoms with Crippen LogP contribution in [-0.4, -0.2) is 31.7 Å². The minimum absolute atomic E-state index is 0.335. The van der Waals surface area contributed by atoms with Gasteiger partial charge in [0.05, 0.1) is 19.2 Å². The topological polar surface area (TPSA) is 36.9 Å². The summed E-state index contributed by atoms with van der Waals surface area (Å²) in [5, 5.41) is 0. The van der Waals surface area contributed by atoms with E-state index in [2.05, 4.69) is 31.3 Å². The number of ether oxygens (including phenoxy) is 4. The van der Waals surface area contributed by atoms with Gasteiger partial charge in [0.15, 0.2) is 23.0 Å². The highest BCUT2D eigenvalue weighted by Crippen LogP contribution is 2.50. The van der Waals surface area contributed by atoms with Crippen LogP contribution in [0.3, 0.4) is 0 Å². The summed E-state index contributed by atoms with van der Waals surface area (Å²) in [6.07, 6.45) is 2.09. The van der Waals surface area contributed by atoms with E-state index >= 15 is 0 Å². The van der Waals surface area contributed by atoms with Gasteiger partial charge >= 0.3 is 0 Å². The third-order valence-electron chi connectivity index (χ3n) is 6.31. The molecule has 128 valence electrons. The van der Waals surface area contributed by atoms with Gasteiger partial charge in [-0.1, -0.05) is 6.07 Å². The fourth-order valence-corrected chi connectivity index (χ4v) is 4.92. The third kappa shape index (κ3) is 1.82. The van der Waals surface area contributed by atoms with E-state index in [4.69, 9.17) is 18.9 Å². The Balaban J connectivity index is 1.49. The van der Waals surface area contributed by atoms with Gasteiger partial charge in [0.25, 0.3) is 0 Å². The number of fused-ring (bicyclic) bond motifs is 7. The molecule has 0 spiro atoms. The van der Waals surface area contributed by atoms with Crippen molar-refractivity contribution >= 4 is 0 Å². The molecule has 0 radical (unpaired) electrons. The molecule has 4 aliphatic rings. The molecule has 2 unspecified atom stereocenters. The van der Waals surface area contributed by atoms with Crippen LogP contribution in [0, 0.1) is 0 Å². The molecule has 2 aromatic rings. The molecule has 4 heterocycles. The highest BCUT2D eigenvalue weighted by molar-refractivity contribution is 5.54. The molecular weight excluding hydrogens is 318 g/mol. The molecule has 0 bridgehead atoms. The van der Waals surface area contributed by atoms with Crippen LogP contribution in [0.1, 0.15) is 28.3 Å². The second kappa shape index (κ2) is 4.61. The second-order valence-electron chi connectivity index (χ2n) is 7.67.